The largest absolute Gasteiger partial charge is 0.761 e. The number of para-hydroxylation sites is 1. The molecule has 0 heterocycles. The molecule has 0 saturated carbocycles. The van der Waals surface area contributed by atoms with E-state index in [1.165, 1.54) is 22.5 Å². The van der Waals surface area contributed by atoms with E-state index >= 15 is 0 Å². The Hall–Kier alpha value is -0.890. The second-order valence-electron chi connectivity index (χ2n) is 3.44. The lowest BCUT2D eigenvalue weighted by molar-refractivity contribution is 0.463. The molecule has 0 unspecified atom stereocenters. The Labute approximate surface area is 115 Å². The van der Waals surface area contributed by atoms with Crippen LogP contribution in [-0.4, -0.2) is 31.1 Å². The summed E-state index contributed by atoms with van der Waals surface area (Å²) in [5.41, 5.74) is 1.69. The van der Waals surface area contributed by atoms with Crippen molar-refractivity contribution in [2.45, 2.75) is 4.90 Å². The number of sulfonamides is 1. The molecule has 0 aromatic heterocycles. The molecule has 0 aliphatic carbocycles. The molecule has 1 aromatic carbocycles. The first-order valence-electron chi connectivity index (χ1n) is 5.22. The van der Waals surface area contributed by atoms with Crippen molar-refractivity contribution in [2.24, 2.45) is 0 Å². The molecular formula is C11H14BrN2O3S-. The molecule has 0 amide bonds. The number of nitrogens with zero attached hydrogens (tertiary/aromatic N) is 1. The second kappa shape index (κ2) is 6.89. The smallest absolute Gasteiger partial charge is 0.245 e. The summed E-state index contributed by atoms with van der Waals surface area (Å²) in [6.45, 7) is 4.04. The van der Waals surface area contributed by atoms with Crippen LogP contribution in [0.4, 0.5) is 5.69 Å². The average Bonchev–Trinajstić information content (AvgIpc) is 2.38. The zero-order valence-electron chi connectivity index (χ0n) is 9.67. The quantitative estimate of drug-likeness (QED) is 0.471. The van der Waals surface area contributed by atoms with E-state index in [0.717, 1.165) is 0 Å². The van der Waals surface area contributed by atoms with Gasteiger partial charge in [0.2, 0.25) is 10.0 Å². The number of hydrogen-bond acceptors (Lipinski definition) is 4. The highest BCUT2D eigenvalue weighted by molar-refractivity contribution is 9.09. The molecule has 0 bridgehead atoms. The van der Waals surface area contributed by atoms with E-state index in [9.17, 15) is 13.6 Å². The molecule has 0 spiro atoms. The predicted molar refractivity (Wildman–Crippen MR) is 76.2 cm³/mol. The van der Waals surface area contributed by atoms with E-state index in [2.05, 4.69) is 22.5 Å². The van der Waals surface area contributed by atoms with Crippen LogP contribution < -0.4 is 5.48 Å². The molecule has 0 radical (unpaired) electrons. The fourth-order valence-corrected chi connectivity index (χ4v) is 3.68. The summed E-state index contributed by atoms with van der Waals surface area (Å²) in [5.74, 6) is 0. The van der Waals surface area contributed by atoms with E-state index in [1.807, 2.05) is 0 Å². The lowest BCUT2D eigenvalue weighted by atomic mass is 10.3. The van der Waals surface area contributed by atoms with Crippen LogP contribution in [-0.2, 0) is 10.0 Å². The normalized spacial score (nSPS) is 11.5. The molecule has 0 saturated heterocycles. The summed E-state index contributed by atoms with van der Waals surface area (Å²) in [6, 6.07) is 6.01. The standard InChI is InChI=1S/C11H14BrN2O3S/c1-2-8-14(9-7-12)18(16,17)11-6-4-3-5-10(11)13-15/h2-6,13H,1,7-9H2/q-1. The van der Waals surface area contributed by atoms with E-state index in [1.54, 1.807) is 17.6 Å². The van der Waals surface area contributed by atoms with Crippen LogP contribution >= 0.6 is 15.9 Å². The minimum Gasteiger partial charge on any atom is -0.761 e. The van der Waals surface area contributed by atoms with E-state index in [0.29, 0.717) is 11.9 Å². The number of rotatable bonds is 7. The number of alkyl halides is 1. The van der Waals surface area contributed by atoms with Gasteiger partial charge in [-0.05, 0) is 12.1 Å². The first kappa shape index (κ1) is 15.2. The molecule has 5 nitrogen and oxygen atoms in total. The fraction of sp³-hybridized carbons (Fsp3) is 0.273. The van der Waals surface area contributed by atoms with Gasteiger partial charge in [-0.25, -0.2) is 8.42 Å². The lowest BCUT2D eigenvalue weighted by Crippen LogP contribution is -2.33. The molecular weight excluding hydrogens is 320 g/mol. The van der Waals surface area contributed by atoms with Crippen LogP contribution in [0.2, 0.25) is 0 Å². The maximum Gasteiger partial charge on any atom is 0.245 e. The Bertz CT molecular complexity index is 505. The molecule has 18 heavy (non-hydrogen) atoms. The van der Waals surface area contributed by atoms with Gasteiger partial charge in [0, 0.05) is 24.1 Å². The zero-order chi connectivity index (χ0) is 13.6. The molecule has 0 aliphatic rings. The highest BCUT2D eigenvalue weighted by Crippen LogP contribution is 2.24. The third-order valence-corrected chi connectivity index (χ3v) is 4.56. The lowest BCUT2D eigenvalue weighted by Gasteiger charge is -2.22. The summed E-state index contributed by atoms with van der Waals surface area (Å²) in [7, 11) is -3.70. The van der Waals surface area contributed by atoms with Gasteiger partial charge in [-0.1, -0.05) is 34.1 Å². The highest BCUT2D eigenvalue weighted by atomic mass is 79.9. The maximum absolute atomic E-state index is 12.4. The number of hydrogen-bond donors (Lipinski definition) is 1. The summed E-state index contributed by atoms with van der Waals surface area (Å²) < 4.78 is 26.0. The number of halogens is 1. The Balaban J connectivity index is 3.21. The van der Waals surface area contributed by atoms with Gasteiger partial charge >= 0.3 is 0 Å². The van der Waals surface area contributed by atoms with Crippen LogP contribution in [0.3, 0.4) is 0 Å². The molecule has 0 atom stereocenters. The van der Waals surface area contributed by atoms with Crippen molar-refractivity contribution >= 4 is 31.6 Å². The van der Waals surface area contributed by atoms with Gasteiger partial charge in [0.05, 0.1) is 0 Å². The third-order valence-electron chi connectivity index (χ3n) is 2.28. The predicted octanol–water partition coefficient (Wildman–Crippen LogP) is 2.17. The van der Waals surface area contributed by atoms with Crippen LogP contribution in [0.25, 0.3) is 0 Å². The Morgan fingerprint density at radius 3 is 2.67 bits per heavy atom. The van der Waals surface area contributed by atoms with Crippen molar-refractivity contribution < 1.29 is 8.42 Å². The summed E-state index contributed by atoms with van der Waals surface area (Å²) in [4.78, 5) is -0.0252. The first-order valence-corrected chi connectivity index (χ1v) is 7.78. The van der Waals surface area contributed by atoms with Gasteiger partial charge in [0.1, 0.15) is 4.90 Å². The van der Waals surface area contributed by atoms with E-state index in [4.69, 9.17) is 0 Å². The molecule has 0 aliphatic heterocycles. The van der Waals surface area contributed by atoms with E-state index in [-0.39, 0.29) is 17.1 Å². The molecule has 1 N–H and O–H groups in total. The number of benzene rings is 1. The fourth-order valence-electron chi connectivity index (χ4n) is 1.46. The summed E-state index contributed by atoms with van der Waals surface area (Å²) in [5, 5.41) is 11.3. The Kier molecular flexibility index (Phi) is 5.80. The molecule has 1 aromatic rings. The van der Waals surface area contributed by atoms with Crippen molar-refractivity contribution in [1.82, 2.24) is 4.31 Å². The van der Waals surface area contributed by atoms with Crippen molar-refractivity contribution in [3.05, 3.63) is 42.1 Å². The topological polar surface area (TPSA) is 72.5 Å². The molecule has 0 fully saturated rings. The number of anilines is 1. The monoisotopic (exact) mass is 333 g/mol. The van der Waals surface area contributed by atoms with Crippen LogP contribution in [0.1, 0.15) is 0 Å². The van der Waals surface area contributed by atoms with Gasteiger partial charge in [-0.2, -0.15) is 4.31 Å². The minimum absolute atomic E-state index is 0.0252. The first-order chi connectivity index (χ1) is 8.57. The number of nitrogens with one attached hydrogen (secondary N) is 1. The SMILES string of the molecule is C=CCN(CCBr)S(=O)(=O)c1ccccc1N[O-]. The van der Waals surface area contributed by atoms with Gasteiger partial charge in [0.15, 0.2) is 0 Å². The summed E-state index contributed by atoms with van der Waals surface area (Å²) in [6.07, 6.45) is 1.51. The van der Waals surface area contributed by atoms with Crippen molar-refractivity contribution in [1.29, 1.82) is 0 Å². The maximum atomic E-state index is 12.4. The average molecular weight is 334 g/mol. The zero-order valence-corrected chi connectivity index (χ0v) is 12.1. The molecule has 7 heteroatoms. The molecule has 1 rings (SSSR count). The van der Waals surface area contributed by atoms with Gasteiger partial charge < -0.3 is 10.7 Å². The third kappa shape index (κ3) is 3.32. The van der Waals surface area contributed by atoms with Crippen molar-refractivity contribution in [3.63, 3.8) is 0 Å². The van der Waals surface area contributed by atoms with Gasteiger partial charge in [-0.15, -0.1) is 6.58 Å². The van der Waals surface area contributed by atoms with Crippen LogP contribution in [0, 0.1) is 5.21 Å². The second-order valence-corrected chi connectivity index (χ2v) is 6.14. The minimum atomic E-state index is -3.70. The highest BCUT2D eigenvalue weighted by Gasteiger charge is 2.24. The van der Waals surface area contributed by atoms with Crippen molar-refractivity contribution in [3.8, 4) is 0 Å². The summed E-state index contributed by atoms with van der Waals surface area (Å²) >= 11 is 3.20. The van der Waals surface area contributed by atoms with E-state index < -0.39 is 10.0 Å². The van der Waals surface area contributed by atoms with Crippen molar-refractivity contribution in [2.75, 3.05) is 23.9 Å². The van der Waals surface area contributed by atoms with Gasteiger partial charge in [-0.3, -0.25) is 0 Å². The van der Waals surface area contributed by atoms with Crippen LogP contribution in [0.15, 0.2) is 41.8 Å². The van der Waals surface area contributed by atoms with Crippen LogP contribution in [0.5, 0.6) is 0 Å². The molecule has 100 valence electrons. The van der Waals surface area contributed by atoms with Gasteiger partial charge in [0.25, 0.3) is 0 Å². The Morgan fingerprint density at radius 2 is 2.11 bits per heavy atom. The Morgan fingerprint density at radius 1 is 1.44 bits per heavy atom.